The lowest BCUT2D eigenvalue weighted by Crippen LogP contribution is -2.56. The van der Waals surface area contributed by atoms with Crippen molar-refractivity contribution in [1.82, 2.24) is 24.7 Å². The van der Waals surface area contributed by atoms with E-state index < -0.39 is 0 Å². The molecule has 1 saturated carbocycles. The molecule has 0 spiro atoms. The van der Waals surface area contributed by atoms with Crippen molar-refractivity contribution >= 4 is 5.91 Å². The number of hydrogen-bond acceptors (Lipinski definition) is 4. The first kappa shape index (κ1) is 17.7. The molecular weight excluding hydrogens is 326 g/mol. The number of aromatic nitrogens is 2. The number of piperazine rings is 1. The molecular formula is C20H31N5O. The third kappa shape index (κ3) is 3.09. The standard InChI is InChI=1S/C20H31N5O/c1-16-17(22-15-21-16)14-25-9-4-3-7-20(8-5-6-18(20)25)19(26)24-12-10-23(2)11-13-24/h3-4,15,18H,5-14H2,1-2H3,(H,21,22)/t18-,20-/m1/s1. The average Bonchev–Trinajstić information content (AvgIpc) is 3.20. The number of aryl methyl sites for hydroxylation is 1. The zero-order valence-electron chi connectivity index (χ0n) is 16.1. The monoisotopic (exact) mass is 357 g/mol. The number of nitrogens with one attached hydrogen (secondary N) is 1. The molecule has 1 aliphatic carbocycles. The Hall–Kier alpha value is -1.66. The number of rotatable bonds is 3. The summed E-state index contributed by atoms with van der Waals surface area (Å²) in [5.74, 6) is 0.392. The van der Waals surface area contributed by atoms with E-state index in [9.17, 15) is 4.79 Å². The number of carbonyl (C=O) groups excluding carboxylic acids is 1. The van der Waals surface area contributed by atoms with Gasteiger partial charge in [-0.25, -0.2) is 4.98 Å². The van der Waals surface area contributed by atoms with Gasteiger partial charge in [0, 0.05) is 51.0 Å². The maximum absolute atomic E-state index is 13.7. The van der Waals surface area contributed by atoms with Gasteiger partial charge in [-0.3, -0.25) is 9.69 Å². The maximum Gasteiger partial charge on any atom is 0.230 e. The fourth-order valence-corrected chi connectivity index (χ4v) is 5.03. The van der Waals surface area contributed by atoms with Crippen molar-refractivity contribution < 1.29 is 4.79 Å². The second-order valence-corrected chi connectivity index (χ2v) is 8.24. The van der Waals surface area contributed by atoms with Crippen molar-refractivity contribution in [3.8, 4) is 0 Å². The SMILES string of the molecule is Cc1[nH]cnc1CN1CC=CC[C@@]2(C(=O)N3CCN(C)CC3)CCC[C@@H]12. The van der Waals surface area contributed by atoms with Crippen molar-refractivity contribution in [1.29, 1.82) is 0 Å². The third-order valence-electron chi connectivity index (χ3n) is 6.67. The maximum atomic E-state index is 13.7. The fourth-order valence-electron chi connectivity index (χ4n) is 5.03. The third-order valence-corrected chi connectivity index (χ3v) is 6.67. The van der Waals surface area contributed by atoms with Gasteiger partial charge in [0.2, 0.25) is 5.91 Å². The molecule has 1 N–H and O–H groups in total. The normalized spacial score (nSPS) is 30.4. The lowest BCUT2D eigenvalue weighted by molar-refractivity contribution is -0.147. The molecule has 0 radical (unpaired) electrons. The Morgan fingerprint density at radius 1 is 1.31 bits per heavy atom. The van der Waals surface area contributed by atoms with Crippen LogP contribution < -0.4 is 0 Å². The van der Waals surface area contributed by atoms with Crippen molar-refractivity contribution in [2.75, 3.05) is 39.8 Å². The number of H-pyrrole nitrogens is 1. The molecule has 3 heterocycles. The van der Waals surface area contributed by atoms with Crippen LogP contribution in [0.3, 0.4) is 0 Å². The van der Waals surface area contributed by atoms with Gasteiger partial charge in [-0.1, -0.05) is 18.6 Å². The van der Waals surface area contributed by atoms with Gasteiger partial charge in [-0.2, -0.15) is 0 Å². The predicted molar refractivity (Wildman–Crippen MR) is 102 cm³/mol. The summed E-state index contributed by atoms with van der Waals surface area (Å²) in [6.07, 6.45) is 10.4. The van der Waals surface area contributed by atoms with Gasteiger partial charge < -0.3 is 14.8 Å². The number of imidazole rings is 1. The summed E-state index contributed by atoms with van der Waals surface area (Å²) < 4.78 is 0. The van der Waals surface area contributed by atoms with Crippen molar-refractivity contribution in [3.05, 3.63) is 29.9 Å². The minimum absolute atomic E-state index is 0.243. The van der Waals surface area contributed by atoms with Gasteiger partial charge in [0.25, 0.3) is 0 Å². The highest BCUT2D eigenvalue weighted by Gasteiger charge is 2.52. The van der Waals surface area contributed by atoms with E-state index in [1.807, 2.05) is 0 Å². The van der Waals surface area contributed by atoms with Gasteiger partial charge in [0.15, 0.2) is 0 Å². The molecule has 2 fully saturated rings. The molecule has 3 aliphatic rings. The molecule has 1 aromatic heterocycles. The van der Waals surface area contributed by atoms with E-state index in [0.29, 0.717) is 11.9 Å². The van der Waals surface area contributed by atoms with Crippen molar-refractivity contribution in [3.63, 3.8) is 0 Å². The first-order valence-corrected chi connectivity index (χ1v) is 9.96. The molecule has 2 atom stereocenters. The topological polar surface area (TPSA) is 55.5 Å². The summed E-state index contributed by atoms with van der Waals surface area (Å²) in [5, 5.41) is 0. The van der Waals surface area contributed by atoms with Gasteiger partial charge in [-0.15, -0.1) is 0 Å². The van der Waals surface area contributed by atoms with Gasteiger partial charge in [0.05, 0.1) is 17.4 Å². The van der Waals surface area contributed by atoms with Crippen molar-refractivity contribution in [2.24, 2.45) is 5.41 Å². The molecule has 4 rings (SSSR count). The predicted octanol–water partition coefficient (Wildman–Crippen LogP) is 1.79. The van der Waals surface area contributed by atoms with Crippen molar-refractivity contribution in [2.45, 2.75) is 45.2 Å². The Morgan fingerprint density at radius 3 is 2.85 bits per heavy atom. The van der Waals surface area contributed by atoms with Gasteiger partial charge >= 0.3 is 0 Å². The summed E-state index contributed by atoms with van der Waals surface area (Å²) >= 11 is 0. The number of amides is 1. The molecule has 0 aromatic carbocycles. The zero-order valence-corrected chi connectivity index (χ0v) is 16.1. The molecule has 26 heavy (non-hydrogen) atoms. The Labute approximate surface area is 156 Å². The second-order valence-electron chi connectivity index (χ2n) is 8.24. The fraction of sp³-hybridized carbons (Fsp3) is 0.700. The van der Waals surface area contributed by atoms with Crippen LogP contribution in [0.15, 0.2) is 18.5 Å². The van der Waals surface area contributed by atoms with E-state index in [0.717, 1.165) is 76.3 Å². The average molecular weight is 358 g/mol. The van der Waals surface area contributed by atoms with E-state index in [1.165, 1.54) is 0 Å². The van der Waals surface area contributed by atoms with E-state index in [4.69, 9.17) is 0 Å². The number of allylic oxidation sites excluding steroid dienone is 1. The van der Waals surface area contributed by atoms with Crippen LogP contribution in [0.2, 0.25) is 0 Å². The van der Waals surface area contributed by atoms with Crippen LogP contribution in [0.5, 0.6) is 0 Å². The quantitative estimate of drug-likeness (QED) is 0.838. The van der Waals surface area contributed by atoms with Gasteiger partial charge in [-0.05, 0) is 33.2 Å². The largest absolute Gasteiger partial charge is 0.348 e. The minimum atomic E-state index is -0.243. The highest BCUT2D eigenvalue weighted by Crippen LogP contribution is 2.47. The highest BCUT2D eigenvalue weighted by atomic mass is 16.2. The number of aromatic amines is 1. The van der Waals surface area contributed by atoms with Gasteiger partial charge in [0.1, 0.15) is 0 Å². The van der Waals surface area contributed by atoms with E-state index in [2.05, 4.69) is 50.8 Å². The van der Waals surface area contributed by atoms with E-state index in [1.54, 1.807) is 6.33 Å². The van der Waals surface area contributed by atoms with Crippen LogP contribution in [0.25, 0.3) is 0 Å². The lowest BCUT2D eigenvalue weighted by atomic mass is 9.77. The zero-order chi connectivity index (χ0) is 18.1. The minimum Gasteiger partial charge on any atom is -0.348 e. The van der Waals surface area contributed by atoms with E-state index in [-0.39, 0.29) is 5.41 Å². The molecule has 1 saturated heterocycles. The number of fused-ring (bicyclic) bond motifs is 1. The van der Waals surface area contributed by atoms with Crippen LogP contribution in [0, 0.1) is 12.3 Å². The Bertz CT molecular complexity index is 675. The Morgan fingerprint density at radius 2 is 2.12 bits per heavy atom. The Balaban J connectivity index is 1.58. The van der Waals surface area contributed by atoms with Crippen LogP contribution in [-0.4, -0.2) is 76.4 Å². The number of hydrogen-bond donors (Lipinski definition) is 1. The summed E-state index contributed by atoms with van der Waals surface area (Å²) in [6.45, 7) is 7.51. The van der Waals surface area contributed by atoms with Crippen LogP contribution in [0.1, 0.15) is 37.1 Å². The highest BCUT2D eigenvalue weighted by molar-refractivity contribution is 5.84. The van der Waals surface area contributed by atoms with E-state index >= 15 is 0 Å². The Kier molecular flexibility index (Phi) is 4.88. The van der Waals surface area contributed by atoms with Crippen LogP contribution in [-0.2, 0) is 11.3 Å². The second kappa shape index (κ2) is 7.16. The summed E-state index contributed by atoms with van der Waals surface area (Å²) in [5.41, 5.74) is 1.99. The number of likely N-dealkylation sites (N-methyl/N-ethyl adjacent to an activating group) is 1. The first-order chi connectivity index (χ1) is 12.6. The molecule has 6 nitrogen and oxygen atoms in total. The number of carbonyl (C=O) groups is 1. The molecule has 6 heteroatoms. The first-order valence-electron chi connectivity index (χ1n) is 9.96. The smallest absolute Gasteiger partial charge is 0.230 e. The molecule has 0 bridgehead atoms. The molecule has 142 valence electrons. The summed E-state index contributed by atoms with van der Waals surface area (Å²) in [6, 6.07) is 0.320. The van der Waals surface area contributed by atoms with Crippen LogP contribution in [0.4, 0.5) is 0 Å². The molecule has 1 aromatic rings. The van der Waals surface area contributed by atoms with Crippen LogP contribution >= 0.6 is 0 Å². The molecule has 1 amide bonds. The summed E-state index contributed by atoms with van der Waals surface area (Å²) in [4.78, 5) is 28.3. The number of nitrogens with zero attached hydrogens (tertiary/aromatic N) is 4. The lowest BCUT2D eigenvalue weighted by Gasteiger charge is -2.43. The molecule has 2 aliphatic heterocycles. The molecule has 0 unspecified atom stereocenters. The summed E-state index contributed by atoms with van der Waals surface area (Å²) in [7, 11) is 2.14.